The lowest BCUT2D eigenvalue weighted by atomic mass is 10.1. The fourth-order valence-corrected chi connectivity index (χ4v) is 4.28. The molecule has 0 spiro atoms. The van der Waals surface area contributed by atoms with E-state index in [0.717, 1.165) is 5.56 Å². The van der Waals surface area contributed by atoms with Crippen LogP contribution in [-0.4, -0.2) is 44.1 Å². The van der Waals surface area contributed by atoms with Gasteiger partial charge in [0.05, 0.1) is 10.6 Å². The van der Waals surface area contributed by atoms with Crippen molar-refractivity contribution in [1.82, 2.24) is 10.2 Å². The van der Waals surface area contributed by atoms with E-state index in [-0.39, 0.29) is 47.3 Å². The van der Waals surface area contributed by atoms with Gasteiger partial charge >= 0.3 is 0 Å². The molecule has 0 heterocycles. The van der Waals surface area contributed by atoms with E-state index in [1.165, 1.54) is 59.5 Å². The van der Waals surface area contributed by atoms with Crippen LogP contribution in [0.2, 0.25) is 0 Å². The third-order valence-electron chi connectivity index (χ3n) is 5.47. The first-order chi connectivity index (χ1) is 16.7. The first-order valence-electron chi connectivity index (χ1n) is 11.0. The van der Waals surface area contributed by atoms with Crippen LogP contribution in [0.15, 0.2) is 77.7 Å². The van der Waals surface area contributed by atoms with Gasteiger partial charge in [-0.1, -0.05) is 37.3 Å². The zero-order chi connectivity index (χ0) is 25.4. The van der Waals surface area contributed by atoms with E-state index in [2.05, 4.69) is 5.32 Å². The molecule has 0 fully saturated rings. The predicted octanol–water partition coefficient (Wildman–Crippen LogP) is 4.16. The molecule has 0 unspecified atom stereocenters. The number of hydrogen-bond donors (Lipinski definition) is 1. The second-order valence-corrected chi connectivity index (χ2v) is 10.1. The number of rotatable bonds is 10. The van der Waals surface area contributed by atoms with Crippen LogP contribution in [0.5, 0.6) is 0 Å². The minimum Gasteiger partial charge on any atom is -0.348 e. The van der Waals surface area contributed by atoms with Crippen LogP contribution in [0, 0.1) is 5.82 Å². The van der Waals surface area contributed by atoms with Gasteiger partial charge in [0.25, 0.3) is 11.8 Å². The number of carbonyl (C=O) groups is 2. The van der Waals surface area contributed by atoms with Crippen molar-refractivity contribution in [2.75, 3.05) is 19.0 Å². The fraction of sp³-hybridized carbons (Fsp3) is 0.231. The van der Waals surface area contributed by atoms with Gasteiger partial charge in [0, 0.05) is 36.3 Å². The Hall–Kier alpha value is -3.59. The van der Waals surface area contributed by atoms with Crippen molar-refractivity contribution < 1.29 is 26.8 Å². The van der Waals surface area contributed by atoms with Gasteiger partial charge in [-0.05, 0) is 48.0 Å². The highest BCUT2D eigenvalue weighted by Gasteiger charge is 2.18. The molecule has 0 bridgehead atoms. The van der Waals surface area contributed by atoms with Gasteiger partial charge in [0.1, 0.15) is 12.5 Å². The SMILES string of the molecule is CCS(=O)(=O)c1ccc(CNC(=O)c2ccc(C(=O)N(CCF)Cc3ccccc3F)cc2)cc1. The summed E-state index contributed by atoms with van der Waals surface area (Å²) >= 11 is 0. The Morgan fingerprint density at radius 3 is 2.14 bits per heavy atom. The molecule has 0 atom stereocenters. The van der Waals surface area contributed by atoms with Crippen molar-refractivity contribution in [2.24, 2.45) is 0 Å². The number of sulfone groups is 1. The van der Waals surface area contributed by atoms with Crippen LogP contribution in [0.25, 0.3) is 0 Å². The summed E-state index contributed by atoms with van der Waals surface area (Å²) in [7, 11) is -3.29. The largest absolute Gasteiger partial charge is 0.348 e. The van der Waals surface area contributed by atoms with Crippen LogP contribution in [0.1, 0.15) is 38.8 Å². The zero-order valence-electron chi connectivity index (χ0n) is 19.2. The van der Waals surface area contributed by atoms with E-state index in [1.54, 1.807) is 25.1 Å². The molecule has 3 rings (SSSR count). The summed E-state index contributed by atoms with van der Waals surface area (Å²) in [4.78, 5) is 26.8. The van der Waals surface area contributed by atoms with E-state index < -0.39 is 28.2 Å². The standard InChI is InChI=1S/C26H26F2N2O4S/c1-2-35(33,34)23-13-7-19(8-14-23)17-29-25(31)20-9-11-21(12-10-20)26(32)30(16-15-27)18-22-5-3-4-6-24(22)28/h3-14H,2,15-18H2,1H3,(H,29,31). The van der Waals surface area contributed by atoms with E-state index in [4.69, 9.17) is 0 Å². The van der Waals surface area contributed by atoms with Crippen molar-refractivity contribution in [3.05, 3.63) is 101 Å². The number of nitrogens with one attached hydrogen (secondary N) is 1. The van der Waals surface area contributed by atoms with E-state index in [0.29, 0.717) is 5.56 Å². The summed E-state index contributed by atoms with van der Waals surface area (Å²) in [6.45, 7) is 0.735. The van der Waals surface area contributed by atoms with Crippen LogP contribution < -0.4 is 5.32 Å². The Kier molecular flexibility index (Phi) is 8.70. The van der Waals surface area contributed by atoms with Gasteiger partial charge in [-0.25, -0.2) is 17.2 Å². The highest BCUT2D eigenvalue weighted by atomic mass is 32.2. The molecule has 0 saturated carbocycles. The minimum atomic E-state index is -3.29. The Labute approximate surface area is 203 Å². The minimum absolute atomic E-state index is 0.0102. The van der Waals surface area contributed by atoms with E-state index in [9.17, 15) is 26.8 Å². The Bertz CT molecular complexity index is 1280. The Balaban J connectivity index is 1.63. The summed E-state index contributed by atoms with van der Waals surface area (Å²) in [5.74, 6) is -1.31. The molecule has 1 N–H and O–H groups in total. The highest BCUT2D eigenvalue weighted by Crippen LogP contribution is 2.15. The molecule has 184 valence electrons. The fourth-order valence-electron chi connectivity index (χ4n) is 3.40. The smallest absolute Gasteiger partial charge is 0.254 e. The molecule has 0 radical (unpaired) electrons. The normalized spacial score (nSPS) is 11.2. The summed E-state index contributed by atoms with van der Waals surface area (Å²) in [5.41, 5.74) is 1.58. The van der Waals surface area contributed by atoms with Gasteiger partial charge in [-0.15, -0.1) is 0 Å². The zero-order valence-corrected chi connectivity index (χ0v) is 20.0. The number of nitrogens with zero attached hydrogens (tertiary/aromatic N) is 1. The van der Waals surface area contributed by atoms with Crippen LogP contribution in [0.4, 0.5) is 8.78 Å². The van der Waals surface area contributed by atoms with Crippen LogP contribution in [0.3, 0.4) is 0 Å². The lowest BCUT2D eigenvalue weighted by Gasteiger charge is -2.22. The second kappa shape index (κ2) is 11.7. The molecule has 3 aromatic carbocycles. The molecule has 0 aliphatic heterocycles. The number of halogens is 2. The maximum Gasteiger partial charge on any atom is 0.254 e. The van der Waals surface area contributed by atoms with E-state index >= 15 is 0 Å². The molecule has 35 heavy (non-hydrogen) atoms. The first kappa shape index (κ1) is 26.0. The molecule has 2 amide bonds. The quantitative estimate of drug-likeness (QED) is 0.453. The second-order valence-electron chi connectivity index (χ2n) is 7.81. The maximum absolute atomic E-state index is 14.0. The lowest BCUT2D eigenvalue weighted by molar-refractivity contribution is 0.0729. The number of benzene rings is 3. The summed E-state index contributed by atoms with van der Waals surface area (Å²) < 4.78 is 50.8. The molecule has 0 aliphatic rings. The molecule has 9 heteroatoms. The lowest BCUT2D eigenvalue weighted by Crippen LogP contribution is -2.32. The molecule has 0 aromatic heterocycles. The van der Waals surface area contributed by atoms with Crippen molar-refractivity contribution in [3.63, 3.8) is 0 Å². The van der Waals surface area contributed by atoms with Gasteiger partial charge < -0.3 is 10.2 Å². The van der Waals surface area contributed by atoms with Gasteiger partial charge in [0.15, 0.2) is 9.84 Å². The van der Waals surface area contributed by atoms with Gasteiger partial charge in [0.2, 0.25) is 0 Å². The third kappa shape index (κ3) is 6.73. The average molecular weight is 501 g/mol. The number of hydrogen-bond acceptors (Lipinski definition) is 4. The summed E-state index contributed by atoms with van der Waals surface area (Å²) in [5, 5.41) is 2.74. The Morgan fingerprint density at radius 2 is 1.54 bits per heavy atom. The number of carbonyl (C=O) groups excluding carboxylic acids is 2. The molecular formula is C26H26F2N2O4S. The highest BCUT2D eigenvalue weighted by molar-refractivity contribution is 7.91. The van der Waals surface area contributed by atoms with E-state index in [1.807, 2.05) is 0 Å². The topological polar surface area (TPSA) is 83.5 Å². The first-order valence-corrected chi connectivity index (χ1v) is 12.7. The maximum atomic E-state index is 14.0. The molecule has 0 aliphatic carbocycles. The van der Waals surface area contributed by atoms with Crippen molar-refractivity contribution in [1.29, 1.82) is 0 Å². The van der Waals surface area contributed by atoms with Crippen molar-refractivity contribution in [3.8, 4) is 0 Å². The summed E-state index contributed by atoms with van der Waals surface area (Å²) in [6.07, 6.45) is 0. The van der Waals surface area contributed by atoms with Crippen molar-refractivity contribution in [2.45, 2.75) is 24.9 Å². The van der Waals surface area contributed by atoms with Crippen LogP contribution >= 0.6 is 0 Å². The van der Waals surface area contributed by atoms with Crippen LogP contribution in [-0.2, 0) is 22.9 Å². The summed E-state index contributed by atoms with van der Waals surface area (Å²) in [6, 6.07) is 18.2. The monoisotopic (exact) mass is 500 g/mol. The number of alkyl halides is 1. The average Bonchev–Trinajstić information content (AvgIpc) is 2.88. The number of amides is 2. The molecular weight excluding hydrogens is 474 g/mol. The Morgan fingerprint density at radius 1 is 0.914 bits per heavy atom. The molecule has 3 aromatic rings. The predicted molar refractivity (Wildman–Crippen MR) is 129 cm³/mol. The van der Waals surface area contributed by atoms with Gasteiger partial charge in [-0.2, -0.15) is 0 Å². The van der Waals surface area contributed by atoms with Crippen molar-refractivity contribution >= 4 is 21.7 Å². The molecule has 6 nitrogen and oxygen atoms in total. The third-order valence-corrected chi connectivity index (χ3v) is 7.22. The molecule has 0 saturated heterocycles. The van der Waals surface area contributed by atoms with Gasteiger partial charge in [-0.3, -0.25) is 9.59 Å².